The predicted octanol–water partition coefficient (Wildman–Crippen LogP) is 3.45. The molecule has 0 N–H and O–H groups in total. The topological polar surface area (TPSA) is 54.5 Å². The molecule has 21 heavy (non-hydrogen) atoms. The van der Waals surface area contributed by atoms with Crippen molar-refractivity contribution in [2.45, 2.75) is 31.6 Å². The molecule has 1 aromatic carbocycles. The van der Waals surface area contributed by atoms with Gasteiger partial charge >= 0.3 is 0 Å². The van der Waals surface area contributed by atoms with E-state index < -0.39 is 9.05 Å². The van der Waals surface area contributed by atoms with Crippen molar-refractivity contribution in [1.29, 1.82) is 0 Å². The van der Waals surface area contributed by atoms with Crippen molar-refractivity contribution < 1.29 is 13.2 Å². The van der Waals surface area contributed by atoms with E-state index in [4.69, 9.17) is 22.3 Å². The molecule has 4 nitrogen and oxygen atoms in total. The van der Waals surface area contributed by atoms with Crippen LogP contribution in [0, 0.1) is 12.8 Å². The van der Waals surface area contributed by atoms with Crippen LogP contribution in [0.15, 0.2) is 17.0 Å². The zero-order valence-corrected chi connectivity index (χ0v) is 14.2. The molecule has 116 valence electrons. The number of halogens is 2. The van der Waals surface area contributed by atoms with Gasteiger partial charge in [-0.15, -0.1) is 0 Å². The van der Waals surface area contributed by atoms with E-state index in [1.165, 1.54) is 12.1 Å². The van der Waals surface area contributed by atoms with Gasteiger partial charge < -0.3 is 4.90 Å². The Morgan fingerprint density at radius 3 is 2.48 bits per heavy atom. The molecule has 1 saturated carbocycles. The smallest absolute Gasteiger partial charge is 0.261 e. The highest BCUT2D eigenvalue weighted by molar-refractivity contribution is 8.13. The summed E-state index contributed by atoms with van der Waals surface area (Å²) in [4.78, 5) is 14.2. The maximum absolute atomic E-state index is 12.6. The fourth-order valence-electron chi connectivity index (χ4n) is 2.27. The lowest BCUT2D eigenvalue weighted by Crippen LogP contribution is -2.33. The van der Waals surface area contributed by atoms with Crippen LogP contribution in [0.5, 0.6) is 0 Å². The van der Waals surface area contributed by atoms with Crippen LogP contribution >= 0.6 is 22.3 Å². The van der Waals surface area contributed by atoms with E-state index in [0.29, 0.717) is 30.1 Å². The molecule has 1 aliphatic rings. The monoisotopic (exact) mass is 349 g/mol. The fourth-order valence-corrected chi connectivity index (χ4v) is 3.77. The van der Waals surface area contributed by atoms with Crippen LogP contribution in [0.25, 0.3) is 0 Å². The lowest BCUT2D eigenvalue weighted by molar-refractivity contribution is 0.0756. The average molecular weight is 350 g/mol. The molecule has 0 aliphatic heterocycles. The Kier molecular flexibility index (Phi) is 4.85. The van der Waals surface area contributed by atoms with Crippen LogP contribution in [0.1, 0.15) is 35.7 Å². The standard InChI is InChI=1S/C14H17Cl2NO3S/c1-3-17(8-10-4-5-10)14(18)12-6-11(15)7-13(9(12)2)21(16,19)20/h6-7,10H,3-5,8H2,1-2H3. The maximum Gasteiger partial charge on any atom is 0.261 e. The Balaban J connectivity index is 2.42. The first-order chi connectivity index (χ1) is 9.74. The number of benzene rings is 1. The molecule has 0 bridgehead atoms. The summed E-state index contributed by atoms with van der Waals surface area (Å²) in [5.41, 5.74) is 0.637. The maximum atomic E-state index is 12.6. The van der Waals surface area contributed by atoms with Gasteiger partial charge in [-0.05, 0) is 50.3 Å². The third kappa shape index (κ3) is 3.90. The zero-order valence-electron chi connectivity index (χ0n) is 11.9. The van der Waals surface area contributed by atoms with Crippen LogP contribution in [-0.2, 0) is 9.05 Å². The van der Waals surface area contributed by atoms with Crippen LogP contribution < -0.4 is 0 Å². The van der Waals surface area contributed by atoms with Crippen LogP contribution in [0.2, 0.25) is 5.02 Å². The summed E-state index contributed by atoms with van der Waals surface area (Å²) in [5, 5.41) is 0.186. The van der Waals surface area contributed by atoms with E-state index in [2.05, 4.69) is 0 Å². The van der Waals surface area contributed by atoms with Crippen LogP contribution in [0.4, 0.5) is 0 Å². The summed E-state index contributed by atoms with van der Waals surface area (Å²) < 4.78 is 23.2. The van der Waals surface area contributed by atoms with E-state index in [1.54, 1.807) is 11.8 Å². The fraction of sp³-hybridized carbons (Fsp3) is 0.500. The Labute approximate surface area is 134 Å². The predicted molar refractivity (Wildman–Crippen MR) is 83.5 cm³/mol. The number of rotatable bonds is 5. The first-order valence-corrected chi connectivity index (χ1v) is 9.46. The summed E-state index contributed by atoms with van der Waals surface area (Å²) in [5.74, 6) is 0.357. The third-order valence-electron chi connectivity index (χ3n) is 3.66. The highest BCUT2D eigenvalue weighted by atomic mass is 35.7. The first-order valence-electron chi connectivity index (χ1n) is 6.78. The third-order valence-corrected chi connectivity index (χ3v) is 5.33. The van der Waals surface area contributed by atoms with E-state index >= 15 is 0 Å². The highest BCUT2D eigenvalue weighted by Crippen LogP contribution is 2.31. The van der Waals surface area contributed by atoms with Gasteiger partial charge in [0.15, 0.2) is 0 Å². The van der Waals surface area contributed by atoms with Crippen LogP contribution in [-0.4, -0.2) is 32.3 Å². The summed E-state index contributed by atoms with van der Waals surface area (Å²) >= 11 is 5.94. The number of carbonyl (C=O) groups is 1. The van der Waals surface area contributed by atoms with Crippen molar-refractivity contribution >= 4 is 37.2 Å². The summed E-state index contributed by atoms with van der Waals surface area (Å²) in [6.07, 6.45) is 2.28. The lowest BCUT2D eigenvalue weighted by atomic mass is 10.1. The molecule has 0 aromatic heterocycles. The molecule has 7 heteroatoms. The number of amides is 1. The van der Waals surface area contributed by atoms with Crippen LogP contribution in [0.3, 0.4) is 0 Å². The van der Waals surface area contributed by atoms with E-state index in [9.17, 15) is 13.2 Å². The second-order valence-corrected chi connectivity index (χ2v) is 8.27. The summed E-state index contributed by atoms with van der Waals surface area (Å²) in [6, 6.07) is 2.77. The SMILES string of the molecule is CCN(CC1CC1)C(=O)c1cc(Cl)cc(S(=O)(=O)Cl)c1C. The molecule has 1 fully saturated rings. The summed E-state index contributed by atoms with van der Waals surface area (Å²) in [7, 11) is 1.47. The van der Waals surface area contributed by atoms with Gasteiger partial charge in [-0.2, -0.15) is 0 Å². The van der Waals surface area contributed by atoms with Gasteiger partial charge in [0, 0.05) is 34.4 Å². The highest BCUT2D eigenvalue weighted by Gasteiger charge is 2.28. The van der Waals surface area contributed by atoms with Crippen molar-refractivity contribution in [3.63, 3.8) is 0 Å². The Morgan fingerprint density at radius 2 is 2.00 bits per heavy atom. The molecular formula is C14H17Cl2NO3S. The molecule has 0 radical (unpaired) electrons. The molecule has 0 spiro atoms. The molecule has 1 aromatic rings. The molecular weight excluding hydrogens is 333 g/mol. The van der Waals surface area contributed by atoms with Crippen molar-refractivity contribution in [1.82, 2.24) is 4.90 Å². The van der Waals surface area contributed by atoms with E-state index in [-0.39, 0.29) is 15.8 Å². The van der Waals surface area contributed by atoms with Gasteiger partial charge in [-0.1, -0.05) is 11.6 Å². The van der Waals surface area contributed by atoms with E-state index in [0.717, 1.165) is 12.8 Å². The molecule has 1 aliphatic carbocycles. The Morgan fingerprint density at radius 1 is 1.38 bits per heavy atom. The molecule has 0 heterocycles. The molecule has 0 saturated heterocycles. The molecule has 0 atom stereocenters. The second kappa shape index (κ2) is 6.15. The van der Waals surface area contributed by atoms with Gasteiger partial charge in [0.2, 0.25) is 0 Å². The quantitative estimate of drug-likeness (QED) is 0.765. The lowest BCUT2D eigenvalue weighted by Gasteiger charge is -2.22. The zero-order chi connectivity index (χ0) is 15.8. The Bertz CT molecular complexity index is 669. The molecule has 2 rings (SSSR count). The molecule has 1 amide bonds. The van der Waals surface area contributed by atoms with Crippen molar-refractivity contribution in [2.24, 2.45) is 5.92 Å². The normalized spacial score (nSPS) is 15.0. The van der Waals surface area contributed by atoms with Gasteiger partial charge in [-0.25, -0.2) is 8.42 Å². The minimum absolute atomic E-state index is 0.109. The Hall–Kier alpha value is -0.780. The largest absolute Gasteiger partial charge is 0.339 e. The number of nitrogens with zero attached hydrogens (tertiary/aromatic N) is 1. The number of hydrogen-bond acceptors (Lipinski definition) is 3. The van der Waals surface area contributed by atoms with Gasteiger partial charge in [0.1, 0.15) is 0 Å². The molecule has 0 unspecified atom stereocenters. The van der Waals surface area contributed by atoms with Crippen molar-refractivity contribution in [3.8, 4) is 0 Å². The number of hydrogen-bond donors (Lipinski definition) is 0. The van der Waals surface area contributed by atoms with Gasteiger partial charge in [-0.3, -0.25) is 4.79 Å². The van der Waals surface area contributed by atoms with E-state index in [1.807, 2.05) is 6.92 Å². The average Bonchev–Trinajstić information content (AvgIpc) is 3.20. The minimum Gasteiger partial charge on any atom is -0.339 e. The van der Waals surface area contributed by atoms with Gasteiger partial charge in [0.05, 0.1) is 4.90 Å². The minimum atomic E-state index is -3.94. The second-order valence-electron chi connectivity index (χ2n) is 5.30. The first kappa shape index (κ1) is 16.6. The summed E-state index contributed by atoms with van der Waals surface area (Å²) in [6.45, 7) is 4.75. The van der Waals surface area contributed by atoms with Crippen molar-refractivity contribution in [3.05, 3.63) is 28.3 Å². The van der Waals surface area contributed by atoms with Gasteiger partial charge in [0.25, 0.3) is 15.0 Å². The number of carbonyl (C=O) groups excluding carboxylic acids is 1. The van der Waals surface area contributed by atoms with Crippen molar-refractivity contribution in [2.75, 3.05) is 13.1 Å².